The summed E-state index contributed by atoms with van der Waals surface area (Å²) >= 11 is -0.640. The number of hydrogen-bond acceptors (Lipinski definition) is 0. The number of rotatable bonds is 1. The Morgan fingerprint density at radius 2 is 2.00 bits per heavy atom. The summed E-state index contributed by atoms with van der Waals surface area (Å²) in [5, 5.41) is 0. The molecule has 0 rings (SSSR count). The summed E-state index contributed by atoms with van der Waals surface area (Å²) < 4.78 is 1.31. The van der Waals surface area contributed by atoms with Crippen molar-refractivity contribution in [1.29, 1.82) is 0 Å². The van der Waals surface area contributed by atoms with Crippen LogP contribution in [0.4, 0.5) is 0 Å². The fourth-order valence-electron chi connectivity index (χ4n) is 0. The fourth-order valence-corrected chi connectivity index (χ4v) is 0. The molecule has 3 heteroatoms. The van der Waals surface area contributed by atoms with Crippen molar-refractivity contribution in [3.8, 4) is 0 Å². The molecule has 0 fully saturated rings. The van der Waals surface area contributed by atoms with E-state index in [4.69, 9.17) is 8.25 Å². The monoisotopic (exact) mass is 280 g/mol. The van der Waals surface area contributed by atoms with E-state index in [0.29, 0.717) is 0 Å². The van der Waals surface area contributed by atoms with Crippen LogP contribution in [-0.2, 0) is 23.3 Å². The first-order valence-electron chi connectivity index (χ1n) is 1.47. The van der Waals surface area contributed by atoms with Crippen molar-refractivity contribution >= 4 is 16.7 Å². The van der Waals surface area contributed by atoms with Crippen molar-refractivity contribution in [2.24, 2.45) is 0 Å². The van der Waals surface area contributed by atoms with Crippen molar-refractivity contribution < 1.29 is 23.3 Å². The van der Waals surface area contributed by atoms with E-state index < -0.39 is 23.3 Å². The first-order valence-corrected chi connectivity index (χ1v) is 12.1. The van der Waals surface area contributed by atoms with Gasteiger partial charge in [0, 0.05) is 0 Å². The van der Waals surface area contributed by atoms with Crippen LogP contribution < -0.4 is 0 Å². The molecule has 0 aromatic rings. The van der Waals surface area contributed by atoms with Crippen LogP contribution in [-0.4, -0.2) is 8.41 Å². The van der Waals surface area contributed by atoms with Crippen LogP contribution in [0.25, 0.3) is 0 Å². The summed E-state index contributed by atoms with van der Waals surface area (Å²) in [7, 11) is 5.41. The molecule has 0 saturated heterocycles. The van der Waals surface area contributed by atoms with Gasteiger partial charge in [0.2, 0.25) is 0 Å². The Bertz CT molecular complexity index is 11.6. The summed E-state index contributed by atoms with van der Waals surface area (Å²) in [6.45, 7) is 2.15. The van der Waals surface area contributed by atoms with E-state index in [9.17, 15) is 0 Å². The molecule has 0 N–H and O–H groups in total. The first-order chi connectivity index (χ1) is 1.91. The predicted octanol–water partition coefficient (Wildman–Crippen LogP) is 0.477. The standard InChI is InChI=1S/C2H5.BH3.ClH.Hg/c1-2;;;/h1H2,2H3;1H3;1H;/q;;;+1/p-1. The molecule has 0 unspecified atom stereocenters. The zero-order chi connectivity index (χ0) is 3.41. The van der Waals surface area contributed by atoms with Crippen molar-refractivity contribution in [2.75, 3.05) is 0 Å². The topological polar surface area (TPSA) is 0 Å². The Morgan fingerprint density at radius 3 is 2.00 bits per heavy atom. The van der Waals surface area contributed by atoms with Crippen LogP contribution in [0.2, 0.25) is 3.93 Å². The van der Waals surface area contributed by atoms with Gasteiger partial charge < -0.3 is 0 Å². The molecule has 0 aliphatic carbocycles. The normalized spacial score (nSPS) is 4.40. The maximum absolute atomic E-state index is 5.41. The second-order valence-corrected chi connectivity index (χ2v) is 9.36. The Balaban J connectivity index is 0. The third kappa shape index (κ3) is 10.9. The van der Waals surface area contributed by atoms with Gasteiger partial charge in [-0.1, -0.05) is 0 Å². The van der Waals surface area contributed by atoms with Gasteiger partial charge in [-0.15, -0.1) is 0 Å². The molecule has 0 aromatic heterocycles. The quantitative estimate of drug-likeness (QED) is 0.612. The second kappa shape index (κ2) is 8.99. The molecule has 5 heavy (non-hydrogen) atoms. The summed E-state index contributed by atoms with van der Waals surface area (Å²) in [6.07, 6.45) is 0. The first kappa shape index (κ1) is 9.56. The molecule has 0 aliphatic heterocycles. The van der Waals surface area contributed by atoms with Gasteiger partial charge in [0.1, 0.15) is 0 Å². The van der Waals surface area contributed by atoms with Crippen LogP contribution in [0.5, 0.6) is 0 Å². The van der Waals surface area contributed by atoms with Crippen molar-refractivity contribution in [3.63, 3.8) is 0 Å². The van der Waals surface area contributed by atoms with Gasteiger partial charge >= 0.3 is 42.4 Å². The molecule has 0 atom stereocenters. The van der Waals surface area contributed by atoms with Crippen LogP contribution in [0, 0.1) is 0 Å². The molecular weight excluding hydrogens is 271 g/mol. The maximum atomic E-state index is 5.41. The van der Waals surface area contributed by atoms with Crippen molar-refractivity contribution in [1.82, 2.24) is 0 Å². The van der Waals surface area contributed by atoms with E-state index in [0.717, 1.165) is 0 Å². The zero-order valence-corrected chi connectivity index (χ0v) is 9.05. The minimum absolute atomic E-state index is 0. The average Bonchev–Trinajstić information content (AvgIpc) is 1.37. The van der Waals surface area contributed by atoms with Gasteiger partial charge in [-0.25, -0.2) is 0 Å². The molecule has 0 nitrogen and oxygen atoms in total. The van der Waals surface area contributed by atoms with E-state index in [2.05, 4.69) is 6.92 Å². The third-order valence-electron chi connectivity index (χ3n) is 0.189. The Labute approximate surface area is 50.7 Å². The SMILES string of the molecule is B.C[CH2][Hg][Cl]. The van der Waals surface area contributed by atoms with Gasteiger partial charge in [0.15, 0.2) is 0 Å². The van der Waals surface area contributed by atoms with Crippen LogP contribution >= 0.6 is 8.25 Å². The predicted molar refractivity (Wildman–Crippen MR) is 26.3 cm³/mol. The number of halogens is 1. The Morgan fingerprint density at radius 1 is 1.80 bits per heavy atom. The van der Waals surface area contributed by atoms with E-state index >= 15 is 0 Å². The van der Waals surface area contributed by atoms with E-state index in [1.165, 1.54) is 3.93 Å². The molecule has 0 aromatic carbocycles. The van der Waals surface area contributed by atoms with Crippen LogP contribution in [0.15, 0.2) is 0 Å². The third-order valence-corrected chi connectivity index (χ3v) is 4.97. The minimum atomic E-state index is -0.640. The van der Waals surface area contributed by atoms with E-state index in [1.54, 1.807) is 0 Å². The average molecular weight is 279 g/mol. The molecular formula is C2H8BClHg. The van der Waals surface area contributed by atoms with Gasteiger partial charge in [-0.2, -0.15) is 0 Å². The summed E-state index contributed by atoms with van der Waals surface area (Å²) in [4.78, 5) is 0. The van der Waals surface area contributed by atoms with Crippen LogP contribution in [0.3, 0.4) is 0 Å². The van der Waals surface area contributed by atoms with Crippen LogP contribution in [0.1, 0.15) is 6.92 Å². The summed E-state index contributed by atoms with van der Waals surface area (Å²) in [5.74, 6) is 0. The molecule has 0 bridgehead atoms. The van der Waals surface area contributed by atoms with E-state index in [-0.39, 0.29) is 8.41 Å². The molecule has 0 heterocycles. The molecule has 28 valence electrons. The second-order valence-electron chi connectivity index (χ2n) is 0.689. The van der Waals surface area contributed by atoms with Gasteiger partial charge in [0.05, 0.1) is 8.41 Å². The van der Waals surface area contributed by atoms with Gasteiger partial charge in [-0.3, -0.25) is 0 Å². The van der Waals surface area contributed by atoms with E-state index in [1.807, 2.05) is 0 Å². The fraction of sp³-hybridized carbons (Fsp3) is 1.00. The Kier molecular flexibility index (Phi) is 17.2. The van der Waals surface area contributed by atoms with Crippen molar-refractivity contribution in [2.45, 2.75) is 10.9 Å². The Hall–Kier alpha value is 1.29. The number of hydrogen-bond donors (Lipinski definition) is 0. The zero-order valence-electron chi connectivity index (χ0n) is 2.79. The molecule has 0 saturated carbocycles. The van der Waals surface area contributed by atoms with Gasteiger partial charge in [0.25, 0.3) is 0 Å². The molecule has 0 amide bonds. The molecule has 0 aliphatic rings. The van der Waals surface area contributed by atoms with Crippen molar-refractivity contribution in [3.05, 3.63) is 0 Å². The van der Waals surface area contributed by atoms with Gasteiger partial charge in [-0.05, 0) is 0 Å². The molecule has 0 radical (unpaired) electrons. The molecule has 0 spiro atoms. The summed E-state index contributed by atoms with van der Waals surface area (Å²) in [5.41, 5.74) is 0. The summed E-state index contributed by atoms with van der Waals surface area (Å²) in [6, 6.07) is 0.